The molecule has 24 heavy (non-hydrogen) atoms. The zero-order valence-electron chi connectivity index (χ0n) is 12.3. The van der Waals surface area contributed by atoms with Gasteiger partial charge in [0.15, 0.2) is 5.76 Å². The number of para-hydroxylation sites is 1. The standard InChI is InChI=1S/C18H11Cl2N3O/c19-14-6-2-1-5-12(14)18-13(11-21)17(24-23-18)9-10-22-16-8-4-3-7-15(16)20/h1-10,22H/b10-9+. The quantitative estimate of drug-likeness (QED) is 0.661. The summed E-state index contributed by atoms with van der Waals surface area (Å²) in [5.74, 6) is 0.340. The fourth-order valence-corrected chi connectivity index (χ4v) is 2.56. The van der Waals surface area contributed by atoms with Gasteiger partial charge in [-0.05, 0) is 18.2 Å². The lowest BCUT2D eigenvalue weighted by Crippen LogP contribution is -1.88. The summed E-state index contributed by atoms with van der Waals surface area (Å²) in [6, 6.07) is 16.6. The Kier molecular flexibility index (Phi) is 4.85. The maximum absolute atomic E-state index is 9.43. The molecular weight excluding hydrogens is 345 g/mol. The molecule has 118 valence electrons. The predicted molar refractivity (Wildman–Crippen MR) is 95.8 cm³/mol. The number of rotatable bonds is 4. The highest BCUT2D eigenvalue weighted by Gasteiger charge is 2.17. The van der Waals surface area contributed by atoms with Crippen LogP contribution in [0.25, 0.3) is 17.3 Å². The first kappa shape index (κ1) is 16.1. The van der Waals surface area contributed by atoms with E-state index in [2.05, 4.69) is 16.5 Å². The molecule has 0 bridgehead atoms. The SMILES string of the molecule is N#Cc1c(-c2ccccc2Cl)noc1/C=C/Nc1ccccc1Cl. The van der Waals surface area contributed by atoms with E-state index >= 15 is 0 Å². The topological polar surface area (TPSA) is 61.9 Å². The zero-order valence-corrected chi connectivity index (χ0v) is 13.8. The minimum Gasteiger partial charge on any atom is -0.360 e. The van der Waals surface area contributed by atoms with Gasteiger partial charge in [0.05, 0.1) is 15.7 Å². The third-order valence-electron chi connectivity index (χ3n) is 3.31. The van der Waals surface area contributed by atoms with E-state index in [1.807, 2.05) is 30.3 Å². The summed E-state index contributed by atoms with van der Waals surface area (Å²) < 4.78 is 5.27. The van der Waals surface area contributed by atoms with Crippen LogP contribution < -0.4 is 5.32 Å². The van der Waals surface area contributed by atoms with Gasteiger partial charge in [-0.3, -0.25) is 0 Å². The number of nitrogens with one attached hydrogen (secondary N) is 1. The van der Waals surface area contributed by atoms with Crippen molar-refractivity contribution in [3.8, 4) is 17.3 Å². The molecule has 0 aliphatic rings. The summed E-state index contributed by atoms with van der Waals surface area (Å²) in [6.45, 7) is 0. The van der Waals surface area contributed by atoms with Crippen LogP contribution in [0.2, 0.25) is 10.0 Å². The number of nitriles is 1. The summed E-state index contributed by atoms with van der Waals surface area (Å²) >= 11 is 12.2. The normalized spacial score (nSPS) is 10.7. The average Bonchev–Trinajstić information content (AvgIpc) is 3.00. The van der Waals surface area contributed by atoms with E-state index in [9.17, 15) is 5.26 Å². The van der Waals surface area contributed by atoms with Crippen LogP contribution >= 0.6 is 23.2 Å². The Hall–Kier alpha value is -2.74. The van der Waals surface area contributed by atoms with Crippen LogP contribution in [0.15, 0.2) is 59.3 Å². The van der Waals surface area contributed by atoms with Crippen molar-refractivity contribution in [1.82, 2.24) is 5.16 Å². The van der Waals surface area contributed by atoms with Crippen molar-refractivity contribution in [2.75, 3.05) is 5.32 Å². The molecule has 0 radical (unpaired) electrons. The summed E-state index contributed by atoms with van der Waals surface area (Å²) in [6.07, 6.45) is 3.26. The minimum atomic E-state index is 0.320. The monoisotopic (exact) mass is 355 g/mol. The Morgan fingerprint density at radius 1 is 1.04 bits per heavy atom. The van der Waals surface area contributed by atoms with Crippen molar-refractivity contribution in [3.63, 3.8) is 0 Å². The molecule has 1 aromatic heterocycles. The molecule has 0 aliphatic heterocycles. The number of nitrogens with zero attached hydrogens (tertiary/aromatic N) is 2. The molecule has 3 aromatic rings. The van der Waals surface area contributed by atoms with E-state index in [1.54, 1.807) is 30.5 Å². The maximum atomic E-state index is 9.43. The lowest BCUT2D eigenvalue weighted by atomic mass is 10.1. The lowest BCUT2D eigenvalue weighted by Gasteiger charge is -2.01. The highest BCUT2D eigenvalue weighted by atomic mass is 35.5. The molecule has 0 saturated heterocycles. The molecule has 0 aliphatic carbocycles. The van der Waals surface area contributed by atoms with Gasteiger partial charge in [-0.15, -0.1) is 0 Å². The minimum absolute atomic E-state index is 0.320. The second-order valence-electron chi connectivity index (χ2n) is 4.82. The number of anilines is 1. The van der Waals surface area contributed by atoms with E-state index in [-0.39, 0.29) is 0 Å². The van der Waals surface area contributed by atoms with Gasteiger partial charge in [-0.25, -0.2) is 0 Å². The number of aromatic nitrogens is 1. The van der Waals surface area contributed by atoms with Crippen molar-refractivity contribution in [2.24, 2.45) is 0 Å². The number of benzene rings is 2. The molecule has 4 nitrogen and oxygen atoms in total. The third-order valence-corrected chi connectivity index (χ3v) is 3.97. The van der Waals surface area contributed by atoms with Gasteiger partial charge < -0.3 is 9.84 Å². The zero-order chi connectivity index (χ0) is 16.9. The fraction of sp³-hybridized carbons (Fsp3) is 0. The molecule has 0 amide bonds. The molecule has 0 fully saturated rings. The van der Waals surface area contributed by atoms with Crippen molar-refractivity contribution >= 4 is 35.0 Å². The van der Waals surface area contributed by atoms with Gasteiger partial charge in [-0.1, -0.05) is 58.7 Å². The molecule has 1 N–H and O–H groups in total. The van der Waals surface area contributed by atoms with Crippen molar-refractivity contribution in [2.45, 2.75) is 0 Å². The maximum Gasteiger partial charge on any atom is 0.179 e. The molecule has 0 atom stereocenters. The highest BCUT2D eigenvalue weighted by molar-refractivity contribution is 6.33. The molecule has 1 heterocycles. The Morgan fingerprint density at radius 3 is 2.46 bits per heavy atom. The molecule has 0 spiro atoms. The van der Waals surface area contributed by atoms with Crippen LogP contribution in [-0.4, -0.2) is 5.16 Å². The van der Waals surface area contributed by atoms with E-state index in [0.717, 1.165) is 5.69 Å². The van der Waals surface area contributed by atoms with E-state index in [0.29, 0.717) is 32.6 Å². The van der Waals surface area contributed by atoms with E-state index in [1.165, 1.54) is 0 Å². The first-order valence-corrected chi connectivity index (χ1v) is 7.78. The van der Waals surface area contributed by atoms with Gasteiger partial charge >= 0.3 is 0 Å². The first-order chi connectivity index (χ1) is 11.7. The van der Waals surface area contributed by atoms with Crippen LogP contribution in [0, 0.1) is 11.3 Å². The van der Waals surface area contributed by atoms with Crippen LogP contribution in [0.4, 0.5) is 5.69 Å². The number of hydrogen-bond acceptors (Lipinski definition) is 4. The summed E-state index contributed by atoms with van der Waals surface area (Å²) in [4.78, 5) is 0. The second kappa shape index (κ2) is 7.22. The largest absolute Gasteiger partial charge is 0.360 e. The van der Waals surface area contributed by atoms with Crippen LogP contribution in [0.3, 0.4) is 0 Å². The molecule has 0 unspecified atom stereocenters. The highest BCUT2D eigenvalue weighted by Crippen LogP contribution is 2.31. The van der Waals surface area contributed by atoms with E-state index in [4.69, 9.17) is 27.7 Å². The van der Waals surface area contributed by atoms with Crippen molar-refractivity contribution < 1.29 is 4.52 Å². The van der Waals surface area contributed by atoms with Gasteiger partial charge in [0, 0.05) is 17.8 Å². The molecule has 6 heteroatoms. The first-order valence-electron chi connectivity index (χ1n) is 7.03. The number of halogens is 2. The van der Waals surface area contributed by atoms with Crippen LogP contribution in [-0.2, 0) is 0 Å². The fourth-order valence-electron chi connectivity index (χ4n) is 2.15. The van der Waals surface area contributed by atoms with E-state index < -0.39 is 0 Å². The summed E-state index contributed by atoms with van der Waals surface area (Å²) in [5, 5.41) is 17.5. The Morgan fingerprint density at radius 2 is 1.75 bits per heavy atom. The summed E-state index contributed by atoms with van der Waals surface area (Å²) in [7, 11) is 0. The smallest absolute Gasteiger partial charge is 0.179 e. The van der Waals surface area contributed by atoms with Crippen LogP contribution in [0.1, 0.15) is 11.3 Å². The third kappa shape index (κ3) is 3.28. The lowest BCUT2D eigenvalue weighted by molar-refractivity contribution is 0.415. The van der Waals surface area contributed by atoms with Gasteiger partial charge in [0.1, 0.15) is 17.3 Å². The Balaban J connectivity index is 1.88. The molecular formula is C18H11Cl2N3O. The Bertz CT molecular complexity index is 941. The van der Waals surface area contributed by atoms with Gasteiger partial charge in [0.2, 0.25) is 0 Å². The summed E-state index contributed by atoms with van der Waals surface area (Å²) in [5.41, 5.74) is 2.14. The van der Waals surface area contributed by atoms with Crippen LogP contribution in [0.5, 0.6) is 0 Å². The van der Waals surface area contributed by atoms with Gasteiger partial charge in [0.25, 0.3) is 0 Å². The number of hydrogen-bond donors (Lipinski definition) is 1. The molecule has 3 rings (SSSR count). The van der Waals surface area contributed by atoms with Gasteiger partial charge in [-0.2, -0.15) is 5.26 Å². The second-order valence-corrected chi connectivity index (χ2v) is 5.63. The molecule has 2 aromatic carbocycles. The predicted octanol–water partition coefficient (Wildman–Crippen LogP) is 5.60. The molecule has 0 saturated carbocycles. The van der Waals surface area contributed by atoms with Crippen molar-refractivity contribution in [1.29, 1.82) is 5.26 Å². The Labute approximate surface area is 148 Å². The average molecular weight is 356 g/mol. The van der Waals surface area contributed by atoms with Crippen molar-refractivity contribution in [3.05, 3.63) is 76.1 Å².